The number of carbonyl (C=O) groups excluding carboxylic acids is 1. The second-order valence-electron chi connectivity index (χ2n) is 5.30. The molecular weight excluding hydrogens is 216 g/mol. The van der Waals surface area contributed by atoms with Crippen LogP contribution in [0.3, 0.4) is 0 Å². The third kappa shape index (κ3) is 3.19. The maximum absolute atomic E-state index is 11.8. The van der Waals surface area contributed by atoms with Crippen molar-refractivity contribution in [1.29, 1.82) is 0 Å². The van der Waals surface area contributed by atoms with E-state index in [0.717, 1.165) is 45.4 Å². The summed E-state index contributed by atoms with van der Waals surface area (Å²) in [5.41, 5.74) is -0.174. The average Bonchev–Trinajstić information content (AvgIpc) is 2.26. The lowest BCUT2D eigenvalue weighted by Crippen LogP contribution is -2.56. The van der Waals surface area contributed by atoms with Crippen LogP contribution >= 0.6 is 0 Å². The molecule has 2 aliphatic rings. The summed E-state index contributed by atoms with van der Waals surface area (Å²) in [6, 6.07) is 0. The topological polar surface area (TPSA) is 50.4 Å². The highest BCUT2D eigenvalue weighted by atomic mass is 16.5. The number of ether oxygens (including phenoxy) is 1. The molecule has 2 N–H and O–H groups in total. The number of hydrogen-bond acceptors (Lipinski definition) is 3. The van der Waals surface area contributed by atoms with Crippen LogP contribution in [0, 0.1) is 5.92 Å². The number of hydrogen-bond donors (Lipinski definition) is 2. The van der Waals surface area contributed by atoms with Crippen molar-refractivity contribution in [2.75, 3.05) is 26.2 Å². The van der Waals surface area contributed by atoms with E-state index in [-0.39, 0.29) is 17.4 Å². The zero-order valence-electron chi connectivity index (χ0n) is 10.8. The first-order valence-electron chi connectivity index (χ1n) is 6.88. The van der Waals surface area contributed by atoms with E-state index in [1.807, 2.05) is 0 Å². The zero-order chi connectivity index (χ0) is 12.1. The van der Waals surface area contributed by atoms with Crippen LogP contribution in [-0.4, -0.2) is 37.7 Å². The predicted octanol–water partition coefficient (Wildman–Crippen LogP) is 1.06. The Hall–Kier alpha value is -0.610. The Labute approximate surface area is 103 Å². The normalized spacial score (nSPS) is 29.7. The van der Waals surface area contributed by atoms with Gasteiger partial charge in [0.1, 0.15) is 0 Å². The summed E-state index contributed by atoms with van der Waals surface area (Å²) in [4.78, 5) is 11.8. The quantitative estimate of drug-likeness (QED) is 0.755. The zero-order valence-corrected chi connectivity index (χ0v) is 10.8. The van der Waals surface area contributed by atoms with Crippen molar-refractivity contribution in [1.82, 2.24) is 10.6 Å². The van der Waals surface area contributed by atoms with Crippen LogP contribution in [0.5, 0.6) is 0 Å². The average molecular weight is 240 g/mol. The van der Waals surface area contributed by atoms with Crippen molar-refractivity contribution >= 4 is 5.91 Å². The molecule has 2 rings (SSSR count). The van der Waals surface area contributed by atoms with Gasteiger partial charge in [0.15, 0.2) is 0 Å². The molecule has 2 fully saturated rings. The molecule has 0 bridgehead atoms. The monoisotopic (exact) mass is 240 g/mol. The smallest absolute Gasteiger partial charge is 0.223 e. The predicted molar refractivity (Wildman–Crippen MR) is 66.8 cm³/mol. The molecule has 1 atom stereocenters. The molecule has 1 aliphatic heterocycles. The maximum atomic E-state index is 11.8. The molecule has 1 saturated carbocycles. The van der Waals surface area contributed by atoms with Crippen LogP contribution in [0.25, 0.3) is 0 Å². The van der Waals surface area contributed by atoms with Gasteiger partial charge in [-0.3, -0.25) is 4.79 Å². The molecular formula is C13H24N2O2. The maximum Gasteiger partial charge on any atom is 0.223 e. The van der Waals surface area contributed by atoms with E-state index in [1.54, 1.807) is 0 Å². The Bertz CT molecular complexity index is 253. The number of carbonyl (C=O) groups is 1. The number of nitrogens with one attached hydrogen (secondary N) is 2. The van der Waals surface area contributed by atoms with Gasteiger partial charge in [0.25, 0.3) is 0 Å². The van der Waals surface area contributed by atoms with Crippen molar-refractivity contribution < 1.29 is 9.53 Å². The van der Waals surface area contributed by atoms with E-state index in [2.05, 4.69) is 17.6 Å². The molecule has 0 spiro atoms. The van der Waals surface area contributed by atoms with Gasteiger partial charge in [-0.25, -0.2) is 0 Å². The molecule has 1 aliphatic carbocycles. The lowest BCUT2D eigenvalue weighted by molar-refractivity contribution is -0.130. The molecule has 0 aromatic rings. The Balaban J connectivity index is 1.81. The first-order chi connectivity index (χ1) is 8.26. The minimum Gasteiger partial charge on any atom is -0.371 e. The lowest BCUT2D eigenvalue weighted by Gasteiger charge is -2.38. The Morgan fingerprint density at radius 2 is 2.35 bits per heavy atom. The van der Waals surface area contributed by atoms with Crippen LogP contribution < -0.4 is 10.6 Å². The molecule has 98 valence electrons. The van der Waals surface area contributed by atoms with Crippen LogP contribution in [0.2, 0.25) is 0 Å². The van der Waals surface area contributed by atoms with Gasteiger partial charge in [-0.15, -0.1) is 0 Å². The molecule has 0 radical (unpaired) electrons. The Morgan fingerprint density at radius 3 is 2.88 bits per heavy atom. The van der Waals surface area contributed by atoms with Gasteiger partial charge in [0.2, 0.25) is 5.91 Å². The van der Waals surface area contributed by atoms with Gasteiger partial charge in [-0.1, -0.05) is 19.8 Å². The Kier molecular flexibility index (Phi) is 4.40. The first kappa shape index (κ1) is 12.8. The minimum atomic E-state index is -0.174. The van der Waals surface area contributed by atoms with Crippen molar-refractivity contribution in [2.45, 2.75) is 44.6 Å². The van der Waals surface area contributed by atoms with Gasteiger partial charge in [-0.2, -0.15) is 0 Å². The lowest BCUT2D eigenvalue weighted by atomic mass is 9.84. The Morgan fingerprint density at radius 1 is 1.53 bits per heavy atom. The first-order valence-corrected chi connectivity index (χ1v) is 6.88. The molecule has 17 heavy (non-hydrogen) atoms. The van der Waals surface area contributed by atoms with Crippen LogP contribution in [0.1, 0.15) is 39.0 Å². The molecule has 0 aromatic carbocycles. The highest BCUT2D eigenvalue weighted by Crippen LogP contribution is 2.26. The van der Waals surface area contributed by atoms with Gasteiger partial charge >= 0.3 is 0 Å². The van der Waals surface area contributed by atoms with Crippen LogP contribution in [0.15, 0.2) is 0 Å². The highest BCUT2D eigenvalue weighted by molar-refractivity contribution is 5.79. The summed E-state index contributed by atoms with van der Waals surface area (Å²) in [6.07, 6.45) is 5.42. The fourth-order valence-corrected chi connectivity index (χ4v) is 2.59. The summed E-state index contributed by atoms with van der Waals surface area (Å²) >= 11 is 0. The standard InChI is InChI=1S/C13H24N2O2/c1-2-6-13(9-14-7-8-17-13)10-15-12(16)11-4-3-5-11/h11,14H,2-10H2,1H3,(H,15,16). The highest BCUT2D eigenvalue weighted by Gasteiger charge is 2.34. The summed E-state index contributed by atoms with van der Waals surface area (Å²) in [5.74, 6) is 0.492. The van der Waals surface area contributed by atoms with Crippen LogP contribution in [-0.2, 0) is 9.53 Å². The third-order valence-corrected chi connectivity index (χ3v) is 3.90. The van der Waals surface area contributed by atoms with Gasteiger partial charge in [0.05, 0.1) is 12.2 Å². The van der Waals surface area contributed by atoms with E-state index in [0.29, 0.717) is 6.54 Å². The molecule has 1 heterocycles. The molecule has 4 heteroatoms. The van der Waals surface area contributed by atoms with Gasteiger partial charge in [0, 0.05) is 25.6 Å². The number of rotatable bonds is 5. The van der Waals surface area contributed by atoms with Crippen molar-refractivity contribution in [3.05, 3.63) is 0 Å². The van der Waals surface area contributed by atoms with Crippen molar-refractivity contribution in [3.8, 4) is 0 Å². The molecule has 0 aromatic heterocycles. The molecule has 4 nitrogen and oxygen atoms in total. The third-order valence-electron chi connectivity index (χ3n) is 3.90. The van der Waals surface area contributed by atoms with Crippen molar-refractivity contribution in [2.24, 2.45) is 5.92 Å². The van der Waals surface area contributed by atoms with E-state index < -0.39 is 0 Å². The SMILES string of the molecule is CCCC1(CNC(=O)C2CCC2)CNCCO1. The van der Waals surface area contributed by atoms with E-state index in [9.17, 15) is 4.79 Å². The number of amides is 1. The van der Waals surface area contributed by atoms with Crippen LogP contribution in [0.4, 0.5) is 0 Å². The second kappa shape index (κ2) is 5.83. The van der Waals surface area contributed by atoms with E-state index in [4.69, 9.17) is 4.74 Å². The van der Waals surface area contributed by atoms with E-state index >= 15 is 0 Å². The van der Waals surface area contributed by atoms with Gasteiger partial charge < -0.3 is 15.4 Å². The fourth-order valence-electron chi connectivity index (χ4n) is 2.59. The summed E-state index contributed by atoms with van der Waals surface area (Å²) in [6.45, 7) is 5.34. The summed E-state index contributed by atoms with van der Waals surface area (Å²) < 4.78 is 5.91. The second-order valence-corrected chi connectivity index (χ2v) is 5.30. The largest absolute Gasteiger partial charge is 0.371 e. The summed E-state index contributed by atoms with van der Waals surface area (Å²) in [7, 11) is 0. The minimum absolute atomic E-state index is 0.174. The molecule has 1 saturated heterocycles. The summed E-state index contributed by atoms with van der Waals surface area (Å²) in [5, 5.41) is 6.44. The van der Waals surface area contributed by atoms with E-state index in [1.165, 1.54) is 6.42 Å². The van der Waals surface area contributed by atoms with Gasteiger partial charge in [-0.05, 0) is 19.3 Å². The van der Waals surface area contributed by atoms with Crippen molar-refractivity contribution in [3.63, 3.8) is 0 Å². The molecule has 1 unspecified atom stereocenters. The number of morpholine rings is 1. The molecule has 1 amide bonds. The fraction of sp³-hybridized carbons (Fsp3) is 0.923.